The molecule has 1 rings (SSSR count). The van der Waals surface area contributed by atoms with Gasteiger partial charge >= 0.3 is 0 Å². The van der Waals surface area contributed by atoms with E-state index < -0.39 is 0 Å². The SMILES string of the molecule is C[CH-]c1ccccc1. The van der Waals surface area contributed by atoms with Crippen LogP contribution in [0.2, 0.25) is 0 Å². The third-order valence-corrected chi connectivity index (χ3v) is 1.13. The maximum Gasteiger partial charge on any atom is -0.0866 e. The van der Waals surface area contributed by atoms with Crippen LogP contribution >= 0.6 is 0 Å². The molecule has 0 atom stereocenters. The van der Waals surface area contributed by atoms with Crippen molar-refractivity contribution in [3.8, 4) is 0 Å². The molecule has 0 aliphatic heterocycles. The van der Waals surface area contributed by atoms with Crippen molar-refractivity contribution in [1.29, 1.82) is 0 Å². The zero-order chi connectivity index (χ0) is 5.82. The van der Waals surface area contributed by atoms with Crippen LogP contribution in [0.4, 0.5) is 0 Å². The van der Waals surface area contributed by atoms with Gasteiger partial charge in [0.2, 0.25) is 0 Å². The normalized spacial score (nSPS) is 8.62. The fourth-order valence-corrected chi connectivity index (χ4v) is 0.645. The molecule has 0 fully saturated rings. The molecule has 1 aromatic carbocycles. The van der Waals surface area contributed by atoms with Gasteiger partial charge in [0.1, 0.15) is 0 Å². The van der Waals surface area contributed by atoms with Crippen LogP contribution in [0.5, 0.6) is 0 Å². The van der Waals surface area contributed by atoms with Gasteiger partial charge in [-0.2, -0.15) is 24.1 Å². The molecule has 0 aliphatic carbocycles. The van der Waals surface area contributed by atoms with Crippen LogP contribution in [0.25, 0.3) is 0 Å². The molecule has 1 aromatic rings. The van der Waals surface area contributed by atoms with E-state index in [1.165, 1.54) is 5.56 Å². The smallest absolute Gasteiger partial charge is 0.0866 e. The van der Waals surface area contributed by atoms with Crippen molar-refractivity contribution >= 4 is 0 Å². The Morgan fingerprint density at radius 1 is 1.12 bits per heavy atom. The molecule has 0 heterocycles. The summed E-state index contributed by atoms with van der Waals surface area (Å²) in [4.78, 5) is 0. The van der Waals surface area contributed by atoms with E-state index in [2.05, 4.69) is 18.6 Å². The molecular weight excluding hydrogens is 96.1 g/mol. The summed E-state index contributed by atoms with van der Waals surface area (Å²) < 4.78 is 0. The molecule has 0 nitrogen and oxygen atoms in total. The lowest BCUT2D eigenvalue weighted by Crippen LogP contribution is -1.70. The highest BCUT2D eigenvalue weighted by molar-refractivity contribution is 5.20. The Morgan fingerprint density at radius 2 is 1.75 bits per heavy atom. The van der Waals surface area contributed by atoms with Gasteiger partial charge < -0.3 is 0 Å². The number of hydrogen-bond donors (Lipinski definition) is 0. The first-order chi connectivity index (χ1) is 3.93. The van der Waals surface area contributed by atoms with Gasteiger partial charge in [0.15, 0.2) is 0 Å². The Hall–Kier alpha value is -0.910. The number of hydrogen-bond acceptors (Lipinski definition) is 0. The summed E-state index contributed by atoms with van der Waals surface area (Å²) in [6, 6.07) is 10.3. The van der Waals surface area contributed by atoms with Crippen LogP contribution < -0.4 is 0 Å². The predicted octanol–water partition coefficient (Wildman–Crippen LogP) is 2.26. The van der Waals surface area contributed by atoms with E-state index in [0.29, 0.717) is 0 Å². The molecule has 0 spiro atoms. The molecule has 42 valence electrons. The molecule has 0 radical (unpaired) electrons. The maximum atomic E-state index is 2.08. The van der Waals surface area contributed by atoms with Crippen molar-refractivity contribution in [1.82, 2.24) is 0 Å². The summed E-state index contributed by atoms with van der Waals surface area (Å²) in [7, 11) is 0. The molecule has 0 unspecified atom stereocenters. The maximum absolute atomic E-state index is 2.08. The zero-order valence-corrected chi connectivity index (χ0v) is 4.96. The minimum absolute atomic E-state index is 1.28. The first-order valence-electron chi connectivity index (χ1n) is 2.78. The molecule has 0 saturated carbocycles. The largest absolute Gasteiger partial charge is 0.192 e. The molecule has 0 saturated heterocycles. The minimum atomic E-state index is 1.28. The van der Waals surface area contributed by atoms with Crippen molar-refractivity contribution in [3.63, 3.8) is 0 Å². The summed E-state index contributed by atoms with van der Waals surface area (Å²) in [6.45, 7) is 2.04. The Balaban J connectivity index is 2.83. The van der Waals surface area contributed by atoms with Gasteiger partial charge in [-0.3, -0.25) is 0 Å². The van der Waals surface area contributed by atoms with Gasteiger partial charge in [-0.1, -0.05) is 13.0 Å². The highest BCUT2D eigenvalue weighted by Crippen LogP contribution is 1.98. The summed E-state index contributed by atoms with van der Waals surface area (Å²) in [6.07, 6.45) is 2.08. The number of benzene rings is 1. The van der Waals surface area contributed by atoms with E-state index >= 15 is 0 Å². The lowest BCUT2D eigenvalue weighted by atomic mass is 10.2. The summed E-state index contributed by atoms with van der Waals surface area (Å²) in [5.74, 6) is 0. The van der Waals surface area contributed by atoms with E-state index in [0.717, 1.165) is 0 Å². The lowest BCUT2D eigenvalue weighted by molar-refractivity contribution is 1.43. The Labute approximate surface area is 50.2 Å². The second kappa shape index (κ2) is 2.41. The predicted molar refractivity (Wildman–Crippen MR) is 35.5 cm³/mol. The molecular formula is C8H9-. The lowest BCUT2D eigenvalue weighted by Gasteiger charge is -2.00. The average Bonchev–Trinajstić information content (AvgIpc) is 1.90. The van der Waals surface area contributed by atoms with Gasteiger partial charge in [-0.25, -0.2) is 0 Å². The zero-order valence-electron chi connectivity index (χ0n) is 4.96. The van der Waals surface area contributed by atoms with Gasteiger partial charge in [0.05, 0.1) is 0 Å². The van der Waals surface area contributed by atoms with Gasteiger partial charge in [0.25, 0.3) is 0 Å². The van der Waals surface area contributed by atoms with Gasteiger partial charge in [-0.05, 0) is 0 Å². The van der Waals surface area contributed by atoms with Crippen molar-refractivity contribution in [2.24, 2.45) is 0 Å². The van der Waals surface area contributed by atoms with Crippen molar-refractivity contribution in [2.45, 2.75) is 6.92 Å². The fraction of sp³-hybridized carbons (Fsp3) is 0.125. The van der Waals surface area contributed by atoms with E-state index in [9.17, 15) is 0 Å². The summed E-state index contributed by atoms with van der Waals surface area (Å²) in [5.41, 5.74) is 1.28. The monoisotopic (exact) mass is 105 g/mol. The molecule has 0 bridgehead atoms. The third-order valence-electron chi connectivity index (χ3n) is 1.13. The van der Waals surface area contributed by atoms with Crippen LogP contribution in [0.15, 0.2) is 30.3 Å². The molecule has 0 heteroatoms. The second-order valence-electron chi connectivity index (χ2n) is 1.70. The molecule has 8 heavy (non-hydrogen) atoms. The highest BCUT2D eigenvalue weighted by Gasteiger charge is 1.69. The Kier molecular flexibility index (Phi) is 1.58. The molecule has 0 aromatic heterocycles. The first kappa shape index (κ1) is 5.23. The minimum Gasteiger partial charge on any atom is -0.192 e. The summed E-state index contributed by atoms with van der Waals surface area (Å²) >= 11 is 0. The Bertz CT molecular complexity index is 141. The van der Waals surface area contributed by atoms with Crippen molar-refractivity contribution < 1.29 is 0 Å². The fourth-order valence-electron chi connectivity index (χ4n) is 0.645. The standard InChI is InChI=1S/C8H9/c1-2-8-6-4-3-5-7-8/h2-7H,1H3/q-1. The van der Waals surface area contributed by atoms with Crippen LogP contribution in [0, 0.1) is 6.42 Å². The summed E-state index contributed by atoms with van der Waals surface area (Å²) in [5, 5.41) is 0. The van der Waals surface area contributed by atoms with Crippen LogP contribution in [-0.2, 0) is 0 Å². The number of rotatable bonds is 1. The Morgan fingerprint density at radius 3 is 2.12 bits per heavy atom. The van der Waals surface area contributed by atoms with Crippen LogP contribution in [0.1, 0.15) is 12.5 Å². The average molecular weight is 105 g/mol. The van der Waals surface area contributed by atoms with Gasteiger partial charge in [-0.15, -0.1) is 12.1 Å². The van der Waals surface area contributed by atoms with E-state index in [-0.39, 0.29) is 0 Å². The van der Waals surface area contributed by atoms with E-state index in [4.69, 9.17) is 0 Å². The first-order valence-corrected chi connectivity index (χ1v) is 2.78. The van der Waals surface area contributed by atoms with Crippen LogP contribution in [0.3, 0.4) is 0 Å². The topological polar surface area (TPSA) is 0 Å². The highest BCUT2D eigenvalue weighted by atomic mass is 13.9. The molecule has 0 N–H and O–H groups in total. The molecule has 0 aliphatic rings. The van der Waals surface area contributed by atoms with Crippen molar-refractivity contribution in [2.75, 3.05) is 0 Å². The second-order valence-corrected chi connectivity index (χ2v) is 1.70. The van der Waals surface area contributed by atoms with E-state index in [1.54, 1.807) is 0 Å². The molecule has 0 amide bonds. The third kappa shape index (κ3) is 1.03. The van der Waals surface area contributed by atoms with Crippen LogP contribution in [-0.4, -0.2) is 0 Å². The van der Waals surface area contributed by atoms with Crippen molar-refractivity contribution in [3.05, 3.63) is 42.3 Å². The van der Waals surface area contributed by atoms with E-state index in [1.807, 2.05) is 25.1 Å². The quantitative estimate of drug-likeness (QED) is 0.480. The van der Waals surface area contributed by atoms with Gasteiger partial charge in [0, 0.05) is 0 Å².